The molecule has 2 N–H and O–H groups in total. The molecule has 4 aromatic rings. The van der Waals surface area contributed by atoms with E-state index in [2.05, 4.69) is 42.2 Å². The highest BCUT2D eigenvalue weighted by Crippen LogP contribution is 2.32. The zero-order valence-electron chi connectivity index (χ0n) is 23.7. The standard InChI is InChI=1S/C30H34FN9O2/c1-30(2,42)25-4-3-5-26(35-25)40-27-24(28(41)39(40)13-11-32)15-33-29(36-27)34-22-6-8-23(9-7-22)38-18-20-14-21(19-38)17-37(16-20)12-10-31/h3-9,15,20-21,42H,10,12-14,16-19H2,1-2H3,(H,33,34,36). The van der Waals surface area contributed by atoms with Crippen LogP contribution in [0.3, 0.4) is 0 Å². The number of rotatable bonds is 8. The summed E-state index contributed by atoms with van der Waals surface area (Å²) >= 11 is 0. The summed E-state index contributed by atoms with van der Waals surface area (Å²) in [6.07, 6.45) is 2.65. The van der Waals surface area contributed by atoms with Crippen molar-refractivity contribution in [2.24, 2.45) is 11.8 Å². The Morgan fingerprint density at radius 2 is 1.83 bits per heavy atom. The van der Waals surface area contributed by atoms with Crippen molar-refractivity contribution in [3.05, 3.63) is 64.7 Å². The molecular formula is C30H34FN9O2. The monoisotopic (exact) mass is 571 g/mol. The third kappa shape index (κ3) is 5.45. The first-order chi connectivity index (χ1) is 20.2. The van der Waals surface area contributed by atoms with Gasteiger partial charge in [-0.05, 0) is 68.5 Å². The molecule has 0 amide bonds. The molecule has 2 aliphatic rings. The van der Waals surface area contributed by atoms with E-state index < -0.39 is 11.2 Å². The SMILES string of the molecule is CC(C)(O)c1cccc(-n2c3nc(Nc4ccc(N5CC6CC(CN(CCF)C6)C5)cc4)ncc3c(=O)n2CC#N)n1. The van der Waals surface area contributed by atoms with Gasteiger partial charge in [0.1, 0.15) is 24.2 Å². The number of fused-ring (bicyclic) bond motifs is 3. The number of pyridine rings is 1. The minimum absolute atomic E-state index is 0.208. The van der Waals surface area contributed by atoms with Gasteiger partial charge in [-0.2, -0.15) is 10.2 Å². The molecule has 0 aliphatic carbocycles. The number of hydrogen-bond donors (Lipinski definition) is 2. The predicted molar refractivity (Wildman–Crippen MR) is 158 cm³/mol. The van der Waals surface area contributed by atoms with Crippen molar-refractivity contribution < 1.29 is 9.50 Å². The van der Waals surface area contributed by atoms with Gasteiger partial charge in [-0.25, -0.2) is 23.7 Å². The average Bonchev–Trinajstić information content (AvgIpc) is 3.23. The highest BCUT2D eigenvalue weighted by Gasteiger charge is 2.34. The van der Waals surface area contributed by atoms with Crippen LogP contribution in [-0.4, -0.2) is 73.7 Å². The van der Waals surface area contributed by atoms with Gasteiger partial charge in [-0.15, -0.1) is 0 Å². The number of nitrogens with zero attached hydrogens (tertiary/aromatic N) is 8. The third-order valence-corrected chi connectivity index (χ3v) is 8.02. The molecule has 218 valence electrons. The first kappa shape index (κ1) is 27.8. The lowest BCUT2D eigenvalue weighted by molar-refractivity contribution is 0.0738. The normalized spacial score (nSPS) is 19.2. The molecule has 2 atom stereocenters. The van der Waals surface area contributed by atoms with E-state index in [4.69, 9.17) is 0 Å². The summed E-state index contributed by atoms with van der Waals surface area (Å²) in [4.78, 5) is 31.4. The molecule has 2 bridgehead atoms. The van der Waals surface area contributed by atoms with Gasteiger partial charge in [0, 0.05) is 50.3 Å². The predicted octanol–water partition coefficient (Wildman–Crippen LogP) is 3.20. The molecule has 3 aromatic heterocycles. The molecule has 2 unspecified atom stereocenters. The largest absolute Gasteiger partial charge is 0.384 e. The Balaban J connectivity index is 1.26. The fourth-order valence-electron chi connectivity index (χ4n) is 6.20. The van der Waals surface area contributed by atoms with Crippen molar-refractivity contribution in [1.29, 1.82) is 5.26 Å². The van der Waals surface area contributed by atoms with Gasteiger partial charge in [-0.1, -0.05) is 6.07 Å². The molecular weight excluding hydrogens is 537 g/mol. The maximum Gasteiger partial charge on any atom is 0.279 e. The van der Waals surface area contributed by atoms with Crippen LogP contribution in [0.15, 0.2) is 53.5 Å². The zero-order valence-corrected chi connectivity index (χ0v) is 23.7. The van der Waals surface area contributed by atoms with E-state index in [-0.39, 0.29) is 24.6 Å². The van der Waals surface area contributed by atoms with Crippen LogP contribution < -0.4 is 15.8 Å². The molecule has 0 radical (unpaired) electrons. The maximum absolute atomic E-state index is 13.2. The van der Waals surface area contributed by atoms with E-state index in [1.165, 1.54) is 22.0 Å². The topological polar surface area (TPSA) is 128 Å². The van der Waals surface area contributed by atoms with E-state index in [9.17, 15) is 19.6 Å². The van der Waals surface area contributed by atoms with Crippen LogP contribution in [0.1, 0.15) is 26.0 Å². The molecule has 1 aromatic carbocycles. The first-order valence-electron chi connectivity index (χ1n) is 14.2. The second-order valence-electron chi connectivity index (χ2n) is 11.7. The minimum atomic E-state index is -1.20. The number of alkyl halides is 1. The molecule has 0 saturated carbocycles. The lowest BCUT2D eigenvalue weighted by Gasteiger charge is -2.46. The van der Waals surface area contributed by atoms with E-state index in [0.717, 1.165) is 37.6 Å². The van der Waals surface area contributed by atoms with Crippen molar-refractivity contribution in [2.75, 3.05) is 49.6 Å². The van der Waals surface area contributed by atoms with E-state index in [0.29, 0.717) is 35.5 Å². The van der Waals surface area contributed by atoms with Crippen LogP contribution in [-0.2, 0) is 12.1 Å². The van der Waals surface area contributed by atoms with Crippen molar-refractivity contribution in [3.63, 3.8) is 0 Å². The summed E-state index contributed by atoms with van der Waals surface area (Å²) in [5.41, 5.74) is 1.04. The smallest absolute Gasteiger partial charge is 0.279 e. The van der Waals surface area contributed by atoms with Crippen LogP contribution in [0.4, 0.5) is 21.7 Å². The number of piperidine rings is 2. The van der Waals surface area contributed by atoms with Crippen LogP contribution in [0.2, 0.25) is 0 Å². The number of anilines is 3. The Bertz CT molecular complexity index is 1670. The van der Waals surface area contributed by atoms with Gasteiger partial charge in [-0.3, -0.25) is 4.79 Å². The summed E-state index contributed by atoms with van der Waals surface area (Å²) in [7, 11) is 0. The number of hydrogen-bond acceptors (Lipinski definition) is 9. The molecule has 6 rings (SSSR count). The van der Waals surface area contributed by atoms with Gasteiger partial charge >= 0.3 is 0 Å². The molecule has 2 aliphatic heterocycles. The second kappa shape index (κ2) is 11.2. The Hall–Kier alpha value is -4.34. The van der Waals surface area contributed by atoms with Crippen LogP contribution in [0.25, 0.3) is 16.9 Å². The highest BCUT2D eigenvalue weighted by atomic mass is 19.1. The van der Waals surface area contributed by atoms with Crippen molar-refractivity contribution in [1.82, 2.24) is 29.2 Å². The number of benzene rings is 1. The highest BCUT2D eigenvalue weighted by molar-refractivity contribution is 5.77. The lowest BCUT2D eigenvalue weighted by atomic mass is 9.84. The second-order valence-corrected chi connectivity index (χ2v) is 11.7. The maximum atomic E-state index is 13.2. The van der Waals surface area contributed by atoms with Crippen LogP contribution in [0.5, 0.6) is 0 Å². The molecule has 2 fully saturated rings. The minimum Gasteiger partial charge on any atom is -0.384 e. The first-order valence-corrected chi connectivity index (χ1v) is 14.2. The van der Waals surface area contributed by atoms with Crippen molar-refractivity contribution in [3.8, 4) is 11.9 Å². The Morgan fingerprint density at radius 1 is 1.10 bits per heavy atom. The number of aliphatic hydroxyl groups is 1. The number of aromatic nitrogens is 5. The fourth-order valence-corrected chi connectivity index (χ4v) is 6.20. The van der Waals surface area contributed by atoms with Gasteiger partial charge in [0.05, 0.1) is 11.8 Å². The molecule has 42 heavy (non-hydrogen) atoms. The van der Waals surface area contributed by atoms with Gasteiger partial charge in [0.2, 0.25) is 5.95 Å². The van der Waals surface area contributed by atoms with Crippen molar-refractivity contribution >= 4 is 28.4 Å². The molecule has 2 saturated heterocycles. The van der Waals surface area contributed by atoms with Crippen LogP contribution >= 0.6 is 0 Å². The summed E-state index contributed by atoms with van der Waals surface area (Å²) in [6.45, 7) is 7.13. The van der Waals surface area contributed by atoms with Gasteiger partial charge in [0.25, 0.3) is 5.56 Å². The van der Waals surface area contributed by atoms with Crippen molar-refractivity contribution in [2.45, 2.75) is 32.4 Å². The molecule has 5 heterocycles. The summed E-state index contributed by atoms with van der Waals surface area (Å²) in [5.74, 6) is 1.74. The number of nitrogens with one attached hydrogen (secondary N) is 1. The average molecular weight is 572 g/mol. The number of likely N-dealkylation sites (tertiary alicyclic amines) is 1. The van der Waals surface area contributed by atoms with E-state index >= 15 is 0 Å². The van der Waals surface area contributed by atoms with Gasteiger partial charge in [0.15, 0.2) is 11.5 Å². The zero-order chi connectivity index (χ0) is 29.4. The fraction of sp³-hybridized carbons (Fsp3) is 0.433. The molecule has 0 spiro atoms. The third-order valence-electron chi connectivity index (χ3n) is 8.02. The summed E-state index contributed by atoms with van der Waals surface area (Å²) in [5, 5.41) is 23.4. The lowest BCUT2D eigenvalue weighted by Crippen LogP contribution is -2.53. The number of halogens is 1. The molecule has 12 heteroatoms. The van der Waals surface area contributed by atoms with Gasteiger partial charge < -0.3 is 20.2 Å². The Morgan fingerprint density at radius 3 is 2.50 bits per heavy atom. The summed E-state index contributed by atoms with van der Waals surface area (Å²) in [6, 6.07) is 15.3. The van der Waals surface area contributed by atoms with E-state index in [1.54, 1.807) is 32.0 Å². The Labute approximate surface area is 242 Å². The quantitative estimate of drug-likeness (QED) is 0.328. The van der Waals surface area contributed by atoms with Crippen LogP contribution in [0, 0.1) is 23.2 Å². The summed E-state index contributed by atoms with van der Waals surface area (Å²) < 4.78 is 15.6. The molecule has 11 nitrogen and oxygen atoms in total. The van der Waals surface area contributed by atoms with E-state index in [1.807, 2.05) is 18.2 Å². The number of nitriles is 1. The Kier molecular flexibility index (Phi) is 7.38.